The molecule has 0 saturated carbocycles. The Balaban J connectivity index is 2.38. The van der Waals surface area contributed by atoms with Crippen molar-refractivity contribution in [2.24, 2.45) is 5.73 Å². The van der Waals surface area contributed by atoms with Crippen LogP contribution in [-0.4, -0.2) is 38.8 Å². The van der Waals surface area contributed by atoms with Crippen molar-refractivity contribution in [2.45, 2.75) is 12.6 Å². The highest BCUT2D eigenvalue weighted by atomic mass is 35.5. The van der Waals surface area contributed by atoms with Gasteiger partial charge in [0.05, 0.1) is 13.2 Å². The Bertz CT molecular complexity index is 467. The average molecular weight is 284 g/mol. The van der Waals surface area contributed by atoms with Gasteiger partial charge in [-0.15, -0.1) is 0 Å². The number of ether oxygens (including phenoxy) is 1. The van der Waals surface area contributed by atoms with Crippen molar-refractivity contribution in [3.05, 3.63) is 28.8 Å². The largest absolute Gasteiger partial charge is 0.377 e. The van der Waals surface area contributed by atoms with Gasteiger partial charge in [0, 0.05) is 29.4 Å². The number of carbonyl (C=O) groups excluding carboxylic acids is 1. The molecule has 19 heavy (non-hydrogen) atoms. The Kier molecular flexibility index (Phi) is 4.63. The van der Waals surface area contributed by atoms with Crippen LogP contribution in [0.4, 0.5) is 5.69 Å². The Morgan fingerprint density at radius 3 is 3.11 bits per heavy atom. The van der Waals surface area contributed by atoms with Crippen LogP contribution in [0.5, 0.6) is 0 Å². The third-order valence-corrected chi connectivity index (χ3v) is 3.57. The zero-order valence-electron chi connectivity index (χ0n) is 10.9. The fourth-order valence-corrected chi connectivity index (χ4v) is 2.53. The summed E-state index contributed by atoms with van der Waals surface area (Å²) in [5.41, 5.74) is 7.36. The number of hydrogen-bond acceptors (Lipinski definition) is 4. The second kappa shape index (κ2) is 6.23. The Morgan fingerprint density at radius 1 is 1.63 bits per heavy atom. The van der Waals surface area contributed by atoms with Gasteiger partial charge in [-0.05, 0) is 19.2 Å². The number of hydrogen-bond donors (Lipinski definition) is 2. The van der Waals surface area contributed by atoms with Gasteiger partial charge in [-0.2, -0.15) is 0 Å². The number of primary amides is 1. The predicted molar refractivity (Wildman–Crippen MR) is 75.4 cm³/mol. The molecule has 1 atom stereocenters. The van der Waals surface area contributed by atoms with Crippen molar-refractivity contribution in [2.75, 3.05) is 31.7 Å². The van der Waals surface area contributed by atoms with E-state index in [1.165, 1.54) is 0 Å². The lowest BCUT2D eigenvalue weighted by Gasteiger charge is -2.36. The number of anilines is 1. The van der Waals surface area contributed by atoms with E-state index in [0.29, 0.717) is 31.3 Å². The fraction of sp³-hybridized carbons (Fsp3) is 0.462. The normalized spacial score (nSPS) is 19.5. The van der Waals surface area contributed by atoms with E-state index < -0.39 is 6.04 Å². The maximum atomic E-state index is 11.5. The van der Waals surface area contributed by atoms with Crippen LogP contribution >= 0.6 is 11.6 Å². The highest BCUT2D eigenvalue weighted by molar-refractivity contribution is 6.31. The van der Waals surface area contributed by atoms with Crippen LogP contribution < -0.4 is 16.0 Å². The lowest BCUT2D eigenvalue weighted by Crippen LogP contribution is -2.53. The first-order valence-corrected chi connectivity index (χ1v) is 6.58. The number of morpholine rings is 1. The van der Waals surface area contributed by atoms with Gasteiger partial charge in [-0.1, -0.05) is 17.7 Å². The van der Waals surface area contributed by atoms with Gasteiger partial charge in [0.15, 0.2) is 0 Å². The van der Waals surface area contributed by atoms with Crippen molar-refractivity contribution in [3.8, 4) is 0 Å². The van der Waals surface area contributed by atoms with Crippen LogP contribution in [0.1, 0.15) is 5.56 Å². The topological polar surface area (TPSA) is 67.6 Å². The number of rotatable bonds is 4. The third kappa shape index (κ3) is 3.00. The first-order valence-electron chi connectivity index (χ1n) is 6.21. The van der Waals surface area contributed by atoms with E-state index in [-0.39, 0.29) is 5.91 Å². The van der Waals surface area contributed by atoms with Gasteiger partial charge < -0.3 is 20.7 Å². The summed E-state index contributed by atoms with van der Waals surface area (Å²) in [5.74, 6) is -0.380. The number of benzene rings is 1. The summed E-state index contributed by atoms with van der Waals surface area (Å²) in [5, 5.41) is 3.77. The molecule has 1 aromatic rings. The van der Waals surface area contributed by atoms with Crippen LogP contribution in [0, 0.1) is 0 Å². The number of halogens is 1. The highest BCUT2D eigenvalue weighted by Gasteiger charge is 2.29. The minimum absolute atomic E-state index is 0.320. The summed E-state index contributed by atoms with van der Waals surface area (Å²) < 4.78 is 5.33. The Morgan fingerprint density at radius 2 is 2.42 bits per heavy atom. The quantitative estimate of drug-likeness (QED) is 0.856. The Hall–Kier alpha value is -1.30. The van der Waals surface area contributed by atoms with Crippen LogP contribution in [0.2, 0.25) is 5.02 Å². The average Bonchev–Trinajstić information content (AvgIpc) is 2.41. The molecule has 3 N–H and O–H groups in total. The van der Waals surface area contributed by atoms with E-state index in [1.54, 1.807) is 0 Å². The van der Waals surface area contributed by atoms with Gasteiger partial charge in [0.1, 0.15) is 6.04 Å². The minimum Gasteiger partial charge on any atom is -0.377 e. The Labute approximate surface area is 117 Å². The summed E-state index contributed by atoms with van der Waals surface area (Å²) in [6.07, 6.45) is 0. The summed E-state index contributed by atoms with van der Waals surface area (Å²) in [6.45, 7) is 2.17. The van der Waals surface area contributed by atoms with Crippen molar-refractivity contribution in [3.63, 3.8) is 0 Å². The molecular weight excluding hydrogens is 266 g/mol. The number of amides is 1. The van der Waals surface area contributed by atoms with Crippen molar-refractivity contribution in [1.29, 1.82) is 0 Å². The van der Waals surface area contributed by atoms with Crippen molar-refractivity contribution >= 4 is 23.2 Å². The second-order valence-corrected chi connectivity index (χ2v) is 4.86. The zero-order chi connectivity index (χ0) is 13.8. The van der Waals surface area contributed by atoms with E-state index in [1.807, 2.05) is 30.1 Å². The first kappa shape index (κ1) is 14.1. The molecule has 104 valence electrons. The summed E-state index contributed by atoms with van der Waals surface area (Å²) in [4.78, 5) is 13.5. The number of nitrogens with zero attached hydrogens (tertiary/aromatic N) is 1. The van der Waals surface area contributed by atoms with Crippen molar-refractivity contribution in [1.82, 2.24) is 5.32 Å². The molecule has 1 aliphatic heterocycles. The summed E-state index contributed by atoms with van der Waals surface area (Å²) in [7, 11) is 1.86. The molecule has 1 saturated heterocycles. The molecule has 0 bridgehead atoms. The maximum Gasteiger partial charge on any atom is 0.242 e. The lowest BCUT2D eigenvalue weighted by molar-refractivity contribution is -0.121. The van der Waals surface area contributed by atoms with Crippen LogP contribution in [0.25, 0.3) is 0 Å². The van der Waals surface area contributed by atoms with Gasteiger partial charge in [0.25, 0.3) is 0 Å². The SMILES string of the molecule is CNCc1c(Cl)cccc1N1CCOCC1C(N)=O. The van der Waals surface area contributed by atoms with Gasteiger partial charge in [-0.25, -0.2) is 0 Å². The van der Waals surface area contributed by atoms with E-state index in [9.17, 15) is 4.79 Å². The molecule has 0 aliphatic carbocycles. The molecule has 1 aromatic carbocycles. The molecule has 2 rings (SSSR count). The van der Waals surface area contributed by atoms with E-state index >= 15 is 0 Å². The molecule has 0 radical (unpaired) electrons. The molecule has 1 heterocycles. The molecule has 1 fully saturated rings. The molecule has 6 heteroatoms. The predicted octanol–water partition coefficient (Wildman–Crippen LogP) is 0.750. The molecule has 0 aromatic heterocycles. The molecular formula is C13H18ClN3O2. The van der Waals surface area contributed by atoms with Crippen LogP contribution in [0.3, 0.4) is 0 Å². The lowest BCUT2D eigenvalue weighted by atomic mass is 10.1. The monoisotopic (exact) mass is 283 g/mol. The number of nitrogens with one attached hydrogen (secondary N) is 1. The zero-order valence-corrected chi connectivity index (χ0v) is 11.6. The summed E-state index contributed by atoms with van der Waals surface area (Å²) >= 11 is 6.24. The van der Waals surface area contributed by atoms with Gasteiger partial charge >= 0.3 is 0 Å². The first-order chi connectivity index (χ1) is 9.15. The van der Waals surface area contributed by atoms with Crippen LogP contribution in [-0.2, 0) is 16.1 Å². The third-order valence-electron chi connectivity index (χ3n) is 3.21. The van der Waals surface area contributed by atoms with Crippen molar-refractivity contribution < 1.29 is 9.53 Å². The fourth-order valence-electron chi connectivity index (χ4n) is 2.30. The van der Waals surface area contributed by atoms with Gasteiger partial charge in [0.2, 0.25) is 5.91 Å². The second-order valence-electron chi connectivity index (χ2n) is 4.45. The smallest absolute Gasteiger partial charge is 0.242 e. The molecule has 5 nitrogen and oxygen atoms in total. The molecule has 1 unspecified atom stereocenters. The molecule has 1 aliphatic rings. The minimum atomic E-state index is -0.442. The highest BCUT2D eigenvalue weighted by Crippen LogP contribution is 2.29. The van der Waals surface area contributed by atoms with E-state index in [0.717, 1.165) is 11.3 Å². The molecule has 1 amide bonds. The molecule has 0 spiro atoms. The standard InChI is InChI=1S/C13H18ClN3O2/c1-16-7-9-10(14)3-2-4-11(9)17-5-6-19-8-12(17)13(15)18/h2-4,12,16H,5-8H2,1H3,(H2,15,18). The van der Waals surface area contributed by atoms with E-state index in [2.05, 4.69) is 5.32 Å². The maximum absolute atomic E-state index is 11.5. The number of carbonyl (C=O) groups is 1. The summed E-state index contributed by atoms with van der Waals surface area (Å²) in [6, 6.07) is 5.24. The van der Waals surface area contributed by atoms with Gasteiger partial charge in [-0.3, -0.25) is 4.79 Å². The van der Waals surface area contributed by atoms with E-state index in [4.69, 9.17) is 22.1 Å². The number of nitrogens with two attached hydrogens (primary N) is 1. The van der Waals surface area contributed by atoms with Crippen LogP contribution in [0.15, 0.2) is 18.2 Å².